The fourth-order valence-corrected chi connectivity index (χ4v) is 3.11. The fraction of sp³-hybridized carbons (Fsp3) is 1.00. The van der Waals surface area contributed by atoms with Gasteiger partial charge in [0.2, 0.25) is 0 Å². The largest absolute Gasteiger partial charge is 0.382 e. The lowest BCUT2D eigenvalue weighted by Gasteiger charge is -2.25. The van der Waals surface area contributed by atoms with E-state index >= 15 is 0 Å². The minimum atomic E-state index is 0.410. The molecule has 0 bridgehead atoms. The highest BCUT2D eigenvalue weighted by Crippen LogP contribution is 2.20. The Hall–Kier alpha value is -0.240. The van der Waals surface area contributed by atoms with Gasteiger partial charge in [0.15, 0.2) is 0 Å². The zero-order valence-electron chi connectivity index (χ0n) is 15.6. The maximum absolute atomic E-state index is 5.77. The van der Waals surface area contributed by atoms with Crippen molar-refractivity contribution in [1.29, 1.82) is 0 Å². The summed E-state index contributed by atoms with van der Waals surface area (Å²) >= 11 is 0. The molecule has 0 aromatic heterocycles. The summed E-state index contributed by atoms with van der Waals surface area (Å²) in [6, 6.07) is 0.819. The number of hydrogen-bond acceptors (Lipinski definition) is 6. The van der Waals surface area contributed by atoms with Gasteiger partial charge in [-0.15, -0.1) is 0 Å². The van der Waals surface area contributed by atoms with Crippen molar-refractivity contribution >= 4 is 0 Å². The van der Waals surface area contributed by atoms with Crippen LogP contribution in [-0.4, -0.2) is 64.9 Å². The number of hydrogen-bond donors (Lipinski definition) is 2. The molecular weight excluding hydrogens is 308 g/mol. The Morgan fingerprint density at radius 1 is 0.583 bits per heavy atom. The minimum absolute atomic E-state index is 0.410. The van der Waals surface area contributed by atoms with Crippen LogP contribution in [0.5, 0.6) is 0 Å². The van der Waals surface area contributed by atoms with Crippen LogP contribution >= 0.6 is 0 Å². The van der Waals surface area contributed by atoms with Gasteiger partial charge < -0.3 is 30.4 Å². The minimum Gasteiger partial charge on any atom is -0.382 e. The number of ether oxygens (including phenoxy) is 4. The van der Waals surface area contributed by atoms with E-state index in [0.29, 0.717) is 37.5 Å². The van der Waals surface area contributed by atoms with Crippen molar-refractivity contribution < 1.29 is 18.9 Å². The average Bonchev–Trinajstić information content (AvgIpc) is 2.59. The van der Waals surface area contributed by atoms with Gasteiger partial charge in [-0.25, -0.2) is 0 Å². The fourth-order valence-electron chi connectivity index (χ4n) is 3.11. The van der Waals surface area contributed by atoms with Gasteiger partial charge in [0, 0.05) is 26.3 Å². The normalized spacial score (nSPS) is 30.5. The van der Waals surface area contributed by atoms with Crippen LogP contribution in [0.4, 0.5) is 0 Å². The molecule has 6 nitrogen and oxygen atoms in total. The second kappa shape index (κ2) is 14.0. The van der Waals surface area contributed by atoms with E-state index in [4.69, 9.17) is 30.4 Å². The average molecular weight is 347 g/mol. The van der Waals surface area contributed by atoms with Crippen molar-refractivity contribution in [1.82, 2.24) is 0 Å². The molecule has 0 atom stereocenters. The van der Waals surface area contributed by atoms with Gasteiger partial charge in [0.25, 0.3) is 0 Å². The first-order chi connectivity index (χ1) is 11.7. The van der Waals surface area contributed by atoms with Crippen LogP contribution in [0.1, 0.15) is 51.4 Å². The quantitative estimate of drug-likeness (QED) is 0.652. The molecule has 0 heterocycles. The molecule has 0 unspecified atom stereocenters. The van der Waals surface area contributed by atoms with E-state index in [1.165, 1.54) is 0 Å². The molecule has 2 saturated carbocycles. The Morgan fingerprint density at radius 2 is 0.917 bits per heavy atom. The lowest BCUT2D eigenvalue weighted by Crippen LogP contribution is -2.30. The predicted octanol–water partition coefficient (Wildman–Crippen LogP) is 1.84. The van der Waals surface area contributed by atoms with Gasteiger partial charge in [0.1, 0.15) is 0 Å². The highest BCUT2D eigenvalue weighted by atomic mass is 16.5. The van der Waals surface area contributed by atoms with Crippen molar-refractivity contribution in [3.05, 3.63) is 0 Å². The number of methoxy groups -OCH3 is 2. The van der Waals surface area contributed by atoms with Crippen LogP contribution in [0, 0.1) is 0 Å². The summed E-state index contributed by atoms with van der Waals surface area (Å²) < 4.78 is 21.0. The second-order valence-corrected chi connectivity index (χ2v) is 6.80. The zero-order chi connectivity index (χ0) is 17.6. The summed E-state index contributed by atoms with van der Waals surface area (Å²) in [6.45, 7) is 2.83. The smallest absolute Gasteiger partial charge is 0.0704 e. The van der Waals surface area contributed by atoms with E-state index in [2.05, 4.69) is 0 Å². The molecule has 0 aromatic carbocycles. The molecule has 0 aliphatic heterocycles. The molecule has 0 aromatic rings. The maximum Gasteiger partial charge on any atom is 0.0704 e. The lowest BCUT2D eigenvalue weighted by atomic mass is 9.94. The molecule has 6 heteroatoms. The first-order valence-corrected chi connectivity index (χ1v) is 9.38. The SMILES string of the molecule is COCCOC1CCC(N)CC1.COCCOC1CCC(N)CC1. The van der Waals surface area contributed by atoms with E-state index in [9.17, 15) is 0 Å². The standard InChI is InChI=1S/2C9H19NO2/c2*1-11-6-7-12-9-4-2-8(10)3-5-9/h2*8-9H,2-7,10H2,1H3. The molecule has 0 spiro atoms. The van der Waals surface area contributed by atoms with Crippen LogP contribution in [0.15, 0.2) is 0 Å². The van der Waals surface area contributed by atoms with E-state index < -0.39 is 0 Å². The van der Waals surface area contributed by atoms with Crippen molar-refractivity contribution in [2.45, 2.75) is 75.7 Å². The van der Waals surface area contributed by atoms with Gasteiger partial charge in [-0.1, -0.05) is 0 Å². The van der Waals surface area contributed by atoms with Crippen molar-refractivity contribution in [3.8, 4) is 0 Å². The van der Waals surface area contributed by atoms with Crippen LogP contribution in [0.2, 0.25) is 0 Å². The third-order valence-electron chi connectivity index (χ3n) is 4.72. The van der Waals surface area contributed by atoms with Gasteiger partial charge in [-0.2, -0.15) is 0 Å². The zero-order valence-corrected chi connectivity index (χ0v) is 15.6. The molecule has 2 aliphatic rings. The van der Waals surface area contributed by atoms with E-state index in [1.807, 2.05) is 0 Å². The molecule has 0 saturated heterocycles. The van der Waals surface area contributed by atoms with Crippen LogP contribution in [0.3, 0.4) is 0 Å². The Bertz CT molecular complexity index is 250. The van der Waals surface area contributed by atoms with Crippen molar-refractivity contribution in [2.24, 2.45) is 11.5 Å². The lowest BCUT2D eigenvalue weighted by molar-refractivity contribution is -0.00245. The highest BCUT2D eigenvalue weighted by Gasteiger charge is 2.19. The first-order valence-electron chi connectivity index (χ1n) is 9.38. The summed E-state index contributed by atoms with van der Waals surface area (Å²) in [5.41, 5.74) is 11.5. The Balaban J connectivity index is 0.000000240. The molecule has 0 amide bonds. The molecule has 144 valence electrons. The molecule has 0 radical (unpaired) electrons. The van der Waals surface area contributed by atoms with E-state index in [1.54, 1.807) is 14.2 Å². The van der Waals surface area contributed by atoms with Gasteiger partial charge in [-0.05, 0) is 51.4 Å². The van der Waals surface area contributed by atoms with E-state index in [0.717, 1.165) is 64.6 Å². The third kappa shape index (κ3) is 10.6. The number of rotatable bonds is 8. The molecule has 2 rings (SSSR count). The summed E-state index contributed by atoms with van der Waals surface area (Å²) in [7, 11) is 3.39. The second-order valence-electron chi connectivity index (χ2n) is 6.80. The first kappa shape index (κ1) is 21.8. The highest BCUT2D eigenvalue weighted by molar-refractivity contribution is 4.75. The predicted molar refractivity (Wildman–Crippen MR) is 96.1 cm³/mol. The molecular formula is C18H38N2O4. The monoisotopic (exact) mass is 346 g/mol. The third-order valence-corrected chi connectivity index (χ3v) is 4.72. The molecule has 4 N–H and O–H groups in total. The Morgan fingerprint density at radius 3 is 1.21 bits per heavy atom. The molecule has 2 aliphatic carbocycles. The summed E-state index contributed by atoms with van der Waals surface area (Å²) in [4.78, 5) is 0. The summed E-state index contributed by atoms with van der Waals surface area (Å²) in [5, 5.41) is 0. The summed E-state index contributed by atoms with van der Waals surface area (Å²) in [6.07, 6.45) is 9.76. The molecule has 24 heavy (non-hydrogen) atoms. The van der Waals surface area contributed by atoms with Gasteiger partial charge >= 0.3 is 0 Å². The van der Waals surface area contributed by atoms with Crippen LogP contribution in [0.25, 0.3) is 0 Å². The topological polar surface area (TPSA) is 89.0 Å². The van der Waals surface area contributed by atoms with Crippen molar-refractivity contribution in [2.75, 3.05) is 40.6 Å². The Labute approximate surface area is 147 Å². The van der Waals surface area contributed by atoms with Crippen LogP contribution < -0.4 is 11.5 Å². The van der Waals surface area contributed by atoms with Gasteiger partial charge in [-0.3, -0.25) is 0 Å². The van der Waals surface area contributed by atoms with E-state index in [-0.39, 0.29) is 0 Å². The number of nitrogens with two attached hydrogens (primary N) is 2. The van der Waals surface area contributed by atoms with Gasteiger partial charge in [0.05, 0.1) is 38.6 Å². The van der Waals surface area contributed by atoms with Crippen LogP contribution in [-0.2, 0) is 18.9 Å². The van der Waals surface area contributed by atoms with Crippen molar-refractivity contribution in [3.63, 3.8) is 0 Å². The Kier molecular flexibility index (Phi) is 12.7. The maximum atomic E-state index is 5.77. The summed E-state index contributed by atoms with van der Waals surface area (Å²) in [5.74, 6) is 0. The molecule has 2 fully saturated rings.